The largest absolute Gasteiger partial charge is 0.464 e. The number of carbonyl (C=O) groups is 2. The van der Waals surface area contributed by atoms with E-state index < -0.39 is 5.97 Å². The summed E-state index contributed by atoms with van der Waals surface area (Å²) in [4.78, 5) is 23.0. The Morgan fingerprint density at radius 1 is 1.28 bits per heavy atom. The maximum absolute atomic E-state index is 11.9. The number of aromatic nitrogens is 3. The third-order valence-corrected chi connectivity index (χ3v) is 2.33. The van der Waals surface area contributed by atoms with Crippen molar-refractivity contribution in [2.45, 2.75) is 6.54 Å². The number of hydrogen-bond acceptors (Lipinski definition) is 5. The van der Waals surface area contributed by atoms with Gasteiger partial charge in [-0.05, 0) is 0 Å². The maximum atomic E-state index is 11.9. The van der Waals surface area contributed by atoms with Crippen LogP contribution in [0.3, 0.4) is 0 Å². The van der Waals surface area contributed by atoms with Gasteiger partial charge in [0.15, 0.2) is 11.5 Å². The quantitative estimate of drug-likeness (QED) is 0.592. The standard InChI is InChI=1S/C12H11N3O3/c1-18-12(17)10-7-15(14-13-10)8-11(16)9-5-3-2-4-6-9/h2-7H,8H2,1H3. The van der Waals surface area contributed by atoms with Crippen molar-refractivity contribution in [3.8, 4) is 0 Å². The van der Waals surface area contributed by atoms with Crippen molar-refractivity contribution in [2.75, 3.05) is 7.11 Å². The van der Waals surface area contributed by atoms with E-state index in [9.17, 15) is 9.59 Å². The lowest BCUT2D eigenvalue weighted by atomic mass is 10.1. The normalized spacial score (nSPS) is 10.1. The molecule has 0 atom stereocenters. The van der Waals surface area contributed by atoms with Crippen LogP contribution < -0.4 is 0 Å². The van der Waals surface area contributed by atoms with Gasteiger partial charge in [-0.2, -0.15) is 0 Å². The van der Waals surface area contributed by atoms with E-state index >= 15 is 0 Å². The third-order valence-electron chi connectivity index (χ3n) is 2.33. The Bertz CT molecular complexity index is 563. The van der Waals surface area contributed by atoms with Gasteiger partial charge in [-0.15, -0.1) is 5.10 Å². The van der Waals surface area contributed by atoms with Gasteiger partial charge in [-0.25, -0.2) is 9.48 Å². The molecule has 2 rings (SSSR count). The fraction of sp³-hybridized carbons (Fsp3) is 0.167. The summed E-state index contributed by atoms with van der Waals surface area (Å²) < 4.78 is 5.81. The van der Waals surface area contributed by atoms with Crippen LogP contribution >= 0.6 is 0 Å². The van der Waals surface area contributed by atoms with Gasteiger partial charge in [0, 0.05) is 5.56 Å². The van der Waals surface area contributed by atoms with Crippen LogP contribution in [0.5, 0.6) is 0 Å². The minimum absolute atomic E-state index is 0.0357. The molecule has 0 radical (unpaired) electrons. The van der Waals surface area contributed by atoms with E-state index in [1.54, 1.807) is 24.3 Å². The van der Waals surface area contributed by atoms with Crippen LogP contribution in [0.1, 0.15) is 20.8 Å². The van der Waals surface area contributed by atoms with E-state index in [0.717, 1.165) is 0 Å². The monoisotopic (exact) mass is 245 g/mol. The Morgan fingerprint density at radius 2 is 2.00 bits per heavy atom. The molecule has 0 amide bonds. The van der Waals surface area contributed by atoms with Gasteiger partial charge in [0.05, 0.1) is 13.3 Å². The van der Waals surface area contributed by atoms with E-state index in [2.05, 4.69) is 15.0 Å². The molecular weight excluding hydrogens is 234 g/mol. The molecular formula is C12H11N3O3. The summed E-state index contributed by atoms with van der Waals surface area (Å²) in [7, 11) is 1.26. The molecule has 6 nitrogen and oxygen atoms in total. The van der Waals surface area contributed by atoms with Crippen molar-refractivity contribution in [1.82, 2.24) is 15.0 Å². The van der Waals surface area contributed by atoms with Crippen LogP contribution in [0.15, 0.2) is 36.5 Å². The number of ether oxygens (including phenoxy) is 1. The third kappa shape index (κ3) is 2.60. The molecule has 6 heteroatoms. The molecule has 2 aromatic rings. The number of nitrogens with zero attached hydrogens (tertiary/aromatic N) is 3. The molecule has 0 saturated heterocycles. The van der Waals surface area contributed by atoms with Crippen molar-refractivity contribution < 1.29 is 14.3 Å². The van der Waals surface area contributed by atoms with Crippen LogP contribution in [0.4, 0.5) is 0 Å². The topological polar surface area (TPSA) is 74.1 Å². The molecule has 0 aliphatic heterocycles. The number of hydrogen-bond donors (Lipinski definition) is 0. The molecule has 92 valence electrons. The molecule has 0 unspecified atom stereocenters. The van der Waals surface area contributed by atoms with Crippen molar-refractivity contribution >= 4 is 11.8 Å². The summed E-state index contributed by atoms with van der Waals surface area (Å²) >= 11 is 0. The Labute approximate surface area is 103 Å². The zero-order valence-corrected chi connectivity index (χ0v) is 9.74. The lowest BCUT2D eigenvalue weighted by molar-refractivity contribution is 0.0593. The lowest BCUT2D eigenvalue weighted by Gasteiger charge is -1.99. The minimum Gasteiger partial charge on any atom is -0.464 e. The first-order valence-corrected chi connectivity index (χ1v) is 5.27. The van der Waals surface area contributed by atoms with Gasteiger partial charge in [0.25, 0.3) is 0 Å². The Morgan fingerprint density at radius 3 is 2.67 bits per heavy atom. The SMILES string of the molecule is COC(=O)c1cn(CC(=O)c2ccccc2)nn1. The zero-order valence-electron chi connectivity index (χ0n) is 9.74. The van der Waals surface area contributed by atoms with Crippen LogP contribution in [0, 0.1) is 0 Å². The number of Topliss-reactive ketones (excluding diaryl/α,β-unsaturated/α-hetero) is 1. The highest BCUT2D eigenvalue weighted by Crippen LogP contribution is 2.02. The van der Waals surface area contributed by atoms with Gasteiger partial charge in [0.2, 0.25) is 0 Å². The Kier molecular flexibility index (Phi) is 3.47. The molecule has 0 saturated carbocycles. The second-order valence-electron chi connectivity index (χ2n) is 3.58. The average Bonchev–Trinajstić information content (AvgIpc) is 2.87. The fourth-order valence-electron chi connectivity index (χ4n) is 1.44. The average molecular weight is 245 g/mol. The Balaban J connectivity index is 2.08. The van der Waals surface area contributed by atoms with Crippen molar-refractivity contribution in [3.63, 3.8) is 0 Å². The number of carbonyl (C=O) groups excluding carboxylic acids is 2. The molecule has 0 bridgehead atoms. The van der Waals surface area contributed by atoms with Gasteiger partial charge >= 0.3 is 5.97 Å². The molecule has 1 aromatic carbocycles. The number of methoxy groups -OCH3 is 1. The van der Waals surface area contributed by atoms with Gasteiger partial charge in [-0.1, -0.05) is 35.5 Å². The second kappa shape index (κ2) is 5.22. The molecule has 1 heterocycles. The van der Waals surface area contributed by atoms with Crippen LogP contribution in [-0.2, 0) is 11.3 Å². The van der Waals surface area contributed by atoms with E-state index in [-0.39, 0.29) is 18.0 Å². The summed E-state index contributed by atoms with van der Waals surface area (Å²) in [5.41, 5.74) is 0.672. The van der Waals surface area contributed by atoms with Gasteiger partial charge in [-0.3, -0.25) is 4.79 Å². The molecule has 0 aliphatic carbocycles. The van der Waals surface area contributed by atoms with Crippen LogP contribution in [0.25, 0.3) is 0 Å². The molecule has 0 N–H and O–H groups in total. The Hall–Kier alpha value is -2.50. The summed E-state index contributed by atoms with van der Waals surface area (Å²) in [5.74, 6) is -0.676. The zero-order chi connectivity index (χ0) is 13.0. The van der Waals surface area contributed by atoms with Crippen LogP contribution in [-0.4, -0.2) is 33.9 Å². The number of ketones is 1. The van der Waals surface area contributed by atoms with Crippen molar-refractivity contribution in [2.24, 2.45) is 0 Å². The molecule has 0 spiro atoms. The van der Waals surface area contributed by atoms with Crippen molar-refractivity contribution in [1.29, 1.82) is 0 Å². The highest BCUT2D eigenvalue weighted by atomic mass is 16.5. The van der Waals surface area contributed by atoms with E-state index in [1.165, 1.54) is 18.0 Å². The molecule has 1 aromatic heterocycles. The molecule has 0 fully saturated rings. The van der Waals surface area contributed by atoms with E-state index in [1.807, 2.05) is 6.07 Å². The first-order chi connectivity index (χ1) is 8.70. The molecule has 18 heavy (non-hydrogen) atoms. The predicted molar refractivity (Wildman–Crippen MR) is 62.1 cm³/mol. The first kappa shape index (κ1) is 12.0. The summed E-state index contributed by atoms with van der Waals surface area (Å²) in [6.45, 7) is 0.0357. The van der Waals surface area contributed by atoms with Gasteiger partial charge in [0.1, 0.15) is 6.54 Å². The predicted octanol–water partition coefficient (Wildman–Crippen LogP) is 0.948. The lowest BCUT2D eigenvalue weighted by Crippen LogP contribution is -2.11. The van der Waals surface area contributed by atoms with Gasteiger partial charge < -0.3 is 4.74 Å². The first-order valence-electron chi connectivity index (χ1n) is 5.27. The molecule has 0 aliphatic rings. The number of esters is 1. The highest BCUT2D eigenvalue weighted by molar-refractivity contribution is 5.95. The summed E-state index contributed by atoms with van der Waals surface area (Å²) in [6, 6.07) is 8.85. The maximum Gasteiger partial charge on any atom is 0.360 e. The smallest absolute Gasteiger partial charge is 0.360 e. The number of benzene rings is 1. The minimum atomic E-state index is -0.576. The van der Waals surface area contributed by atoms with E-state index in [0.29, 0.717) is 5.56 Å². The number of rotatable bonds is 4. The summed E-state index contributed by atoms with van der Waals surface area (Å²) in [6.07, 6.45) is 1.38. The summed E-state index contributed by atoms with van der Waals surface area (Å²) in [5, 5.41) is 7.32. The van der Waals surface area contributed by atoms with Crippen LogP contribution in [0.2, 0.25) is 0 Å². The second-order valence-corrected chi connectivity index (χ2v) is 3.58. The van der Waals surface area contributed by atoms with E-state index in [4.69, 9.17) is 0 Å². The van der Waals surface area contributed by atoms with Crippen molar-refractivity contribution in [3.05, 3.63) is 47.8 Å². The fourth-order valence-corrected chi connectivity index (χ4v) is 1.44. The highest BCUT2D eigenvalue weighted by Gasteiger charge is 2.12.